The van der Waals surface area contributed by atoms with Gasteiger partial charge < -0.3 is 17.7 Å². The van der Waals surface area contributed by atoms with Gasteiger partial charge in [-0.1, -0.05) is 24.3 Å². The molecule has 0 N–H and O–H groups in total. The number of hydrogen-bond acceptors (Lipinski definition) is 6. The number of fused-ring (bicyclic) bond motifs is 2. The zero-order valence-electron chi connectivity index (χ0n) is 19.8. The minimum absolute atomic E-state index is 0.0139. The Morgan fingerprint density at radius 2 is 1.00 bits per heavy atom. The maximum Gasteiger partial charge on any atom is 0.343 e. The summed E-state index contributed by atoms with van der Waals surface area (Å²) in [5.74, 6) is 0.931. The van der Waals surface area contributed by atoms with Crippen LogP contribution in [0.5, 0.6) is 11.5 Å². The predicted molar refractivity (Wildman–Crippen MR) is 136 cm³/mol. The smallest absolute Gasteiger partial charge is 0.343 e. The number of hydrogen-bond donors (Lipinski definition) is 0. The second-order valence-corrected chi connectivity index (χ2v) is 18.9. The standard InChI is InChI=1S/C25H28O6Si2/c1-32(2,3)30-22-16-11-7-9-13-20(16)28-24(26)18(22)15-19-23(31-33(4,5)6)17-12-8-10-14-21(17)29-25(19)27/h7-14H,15H2,1-6H3. The van der Waals surface area contributed by atoms with Crippen molar-refractivity contribution in [1.29, 1.82) is 0 Å². The molecule has 0 bridgehead atoms. The summed E-state index contributed by atoms with van der Waals surface area (Å²) in [4.78, 5) is 26.2. The maximum atomic E-state index is 13.1. The Kier molecular flexibility index (Phi) is 5.83. The van der Waals surface area contributed by atoms with Gasteiger partial charge in [0, 0.05) is 6.42 Å². The summed E-state index contributed by atoms with van der Waals surface area (Å²) in [5, 5.41) is 1.40. The third-order valence-corrected chi connectivity index (χ3v) is 6.51. The highest BCUT2D eigenvalue weighted by molar-refractivity contribution is 6.71. The fourth-order valence-electron chi connectivity index (χ4n) is 3.65. The molecule has 6 nitrogen and oxygen atoms in total. The third-order valence-electron chi connectivity index (χ3n) is 4.88. The Morgan fingerprint density at radius 3 is 1.36 bits per heavy atom. The molecule has 0 saturated carbocycles. The van der Waals surface area contributed by atoms with Crippen LogP contribution in [0.1, 0.15) is 11.1 Å². The molecule has 4 aromatic rings. The maximum absolute atomic E-state index is 13.1. The number of rotatable bonds is 6. The molecule has 0 amide bonds. The summed E-state index contributed by atoms with van der Waals surface area (Å²) in [5.41, 5.74) is 0.410. The molecule has 2 aromatic carbocycles. The van der Waals surface area contributed by atoms with Gasteiger partial charge in [-0.15, -0.1) is 0 Å². The van der Waals surface area contributed by atoms with Crippen molar-refractivity contribution in [1.82, 2.24) is 0 Å². The van der Waals surface area contributed by atoms with Gasteiger partial charge in [0.2, 0.25) is 16.6 Å². The Hall–Kier alpha value is -3.11. The van der Waals surface area contributed by atoms with Crippen molar-refractivity contribution in [3.63, 3.8) is 0 Å². The molecule has 2 heterocycles. The van der Waals surface area contributed by atoms with E-state index in [1.165, 1.54) is 0 Å². The van der Waals surface area contributed by atoms with E-state index in [0.29, 0.717) is 44.6 Å². The molecule has 0 aliphatic carbocycles. The van der Waals surface area contributed by atoms with E-state index in [1.807, 2.05) is 63.5 Å². The zero-order valence-corrected chi connectivity index (χ0v) is 21.8. The van der Waals surface area contributed by atoms with E-state index in [-0.39, 0.29) is 6.42 Å². The fraction of sp³-hybridized carbons (Fsp3) is 0.280. The van der Waals surface area contributed by atoms with Crippen LogP contribution in [0.25, 0.3) is 21.9 Å². The van der Waals surface area contributed by atoms with Crippen molar-refractivity contribution in [2.45, 2.75) is 45.7 Å². The summed E-state index contributed by atoms with van der Waals surface area (Å²) < 4.78 is 24.0. The molecular weight excluding hydrogens is 452 g/mol. The molecule has 33 heavy (non-hydrogen) atoms. The molecule has 2 aromatic heterocycles. The first kappa shape index (κ1) is 23.1. The Balaban J connectivity index is 2.00. The second-order valence-electron chi connectivity index (χ2n) is 9.99. The van der Waals surface area contributed by atoms with Crippen molar-refractivity contribution < 1.29 is 17.7 Å². The summed E-state index contributed by atoms with van der Waals surface area (Å²) in [6.45, 7) is 12.3. The fourth-order valence-corrected chi connectivity index (χ4v) is 5.34. The molecule has 4 rings (SSSR count). The molecule has 0 radical (unpaired) electrons. The van der Waals surface area contributed by atoms with E-state index < -0.39 is 27.9 Å². The lowest BCUT2D eigenvalue weighted by Crippen LogP contribution is -2.32. The Bertz CT molecular complexity index is 1340. The lowest BCUT2D eigenvalue weighted by Gasteiger charge is -2.24. The third kappa shape index (κ3) is 4.96. The quantitative estimate of drug-likeness (QED) is 0.252. The largest absolute Gasteiger partial charge is 0.543 e. The van der Waals surface area contributed by atoms with Crippen molar-refractivity contribution in [2.24, 2.45) is 0 Å². The lowest BCUT2D eigenvalue weighted by atomic mass is 10.0. The van der Waals surface area contributed by atoms with Gasteiger partial charge in [0.25, 0.3) is 0 Å². The first-order valence-corrected chi connectivity index (χ1v) is 17.7. The summed E-state index contributed by atoms with van der Waals surface area (Å²) in [6.07, 6.45) is -0.0139. The summed E-state index contributed by atoms with van der Waals surface area (Å²) in [6, 6.07) is 14.5. The molecule has 0 aliphatic rings. The van der Waals surface area contributed by atoms with Gasteiger partial charge >= 0.3 is 11.3 Å². The lowest BCUT2D eigenvalue weighted by molar-refractivity contribution is 0.500. The van der Waals surface area contributed by atoms with Gasteiger partial charge in [-0.25, -0.2) is 9.59 Å². The molecule has 0 fully saturated rings. The van der Waals surface area contributed by atoms with Crippen LogP contribution in [0.3, 0.4) is 0 Å². The van der Waals surface area contributed by atoms with E-state index >= 15 is 0 Å². The predicted octanol–water partition coefficient (Wildman–Crippen LogP) is 5.92. The highest BCUT2D eigenvalue weighted by Gasteiger charge is 2.28. The molecule has 172 valence electrons. The SMILES string of the molecule is C[Si](C)(C)Oc1c(Cc2c(O[Si](C)(C)C)c3ccccc3oc2=O)c(=O)oc2ccccc12. The van der Waals surface area contributed by atoms with Crippen LogP contribution >= 0.6 is 0 Å². The minimum atomic E-state index is -2.10. The number of benzene rings is 2. The van der Waals surface area contributed by atoms with E-state index in [4.69, 9.17) is 17.7 Å². The van der Waals surface area contributed by atoms with Crippen LogP contribution in [-0.4, -0.2) is 16.6 Å². The molecule has 0 unspecified atom stereocenters. The molecule has 0 atom stereocenters. The molecule has 0 spiro atoms. The van der Waals surface area contributed by atoms with Gasteiger partial charge in [0.1, 0.15) is 22.7 Å². The van der Waals surface area contributed by atoms with Gasteiger partial charge in [-0.2, -0.15) is 0 Å². The molecule has 0 saturated heterocycles. The van der Waals surface area contributed by atoms with E-state index in [0.717, 1.165) is 0 Å². The highest BCUT2D eigenvalue weighted by atomic mass is 28.4. The Labute approximate surface area is 194 Å². The van der Waals surface area contributed by atoms with Gasteiger partial charge in [0.15, 0.2) is 0 Å². The van der Waals surface area contributed by atoms with Crippen molar-refractivity contribution in [3.8, 4) is 11.5 Å². The zero-order chi connectivity index (χ0) is 24.0. The topological polar surface area (TPSA) is 78.9 Å². The van der Waals surface area contributed by atoms with E-state index in [1.54, 1.807) is 24.3 Å². The van der Waals surface area contributed by atoms with Crippen LogP contribution in [0.4, 0.5) is 0 Å². The monoisotopic (exact) mass is 480 g/mol. The van der Waals surface area contributed by atoms with Crippen LogP contribution in [0.15, 0.2) is 67.0 Å². The van der Waals surface area contributed by atoms with Crippen LogP contribution in [0, 0.1) is 0 Å². The summed E-state index contributed by atoms with van der Waals surface area (Å²) in [7, 11) is -4.20. The molecular formula is C25H28O6Si2. The van der Waals surface area contributed by atoms with Crippen LogP contribution in [-0.2, 0) is 6.42 Å². The summed E-state index contributed by atoms with van der Waals surface area (Å²) >= 11 is 0. The minimum Gasteiger partial charge on any atom is -0.543 e. The average molecular weight is 481 g/mol. The average Bonchev–Trinajstić information content (AvgIpc) is 2.70. The van der Waals surface area contributed by atoms with Crippen LogP contribution < -0.4 is 20.1 Å². The van der Waals surface area contributed by atoms with E-state index in [2.05, 4.69) is 0 Å². The molecule has 0 aliphatic heterocycles. The van der Waals surface area contributed by atoms with Crippen LogP contribution in [0.2, 0.25) is 39.3 Å². The normalized spacial score (nSPS) is 12.3. The van der Waals surface area contributed by atoms with Crippen molar-refractivity contribution in [3.05, 3.63) is 80.5 Å². The van der Waals surface area contributed by atoms with Gasteiger partial charge in [-0.3, -0.25) is 0 Å². The highest BCUT2D eigenvalue weighted by Crippen LogP contribution is 2.35. The van der Waals surface area contributed by atoms with Gasteiger partial charge in [-0.05, 0) is 63.5 Å². The van der Waals surface area contributed by atoms with Crippen molar-refractivity contribution >= 4 is 38.6 Å². The first-order valence-electron chi connectivity index (χ1n) is 10.9. The molecule has 8 heteroatoms. The number of para-hydroxylation sites is 2. The Morgan fingerprint density at radius 1 is 0.636 bits per heavy atom. The first-order chi connectivity index (χ1) is 15.4. The van der Waals surface area contributed by atoms with Crippen molar-refractivity contribution in [2.75, 3.05) is 0 Å². The second kappa shape index (κ2) is 8.35. The van der Waals surface area contributed by atoms with E-state index in [9.17, 15) is 9.59 Å². The van der Waals surface area contributed by atoms with Gasteiger partial charge in [0.05, 0.1) is 21.9 Å².